The third-order valence-electron chi connectivity index (χ3n) is 4.05. The molecule has 0 saturated carbocycles. The number of aromatic nitrogens is 4. The molecule has 0 bridgehead atoms. The Hall–Kier alpha value is -3.27. The number of benzene rings is 2. The molecule has 1 aliphatic rings. The van der Waals surface area contributed by atoms with Gasteiger partial charge in [0.2, 0.25) is 17.9 Å². The molecule has 0 aliphatic carbocycles. The monoisotopic (exact) mass is 413 g/mol. The second-order valence-corrected chi connectivity index (χ2v) is 7.04. The van der Waals surface area contributed by atoms with E-state index in [4.69, 9.17) is 14.2 Å². The third kappa shape index (κ3) is 4.77. The molecule has 0 saturated heterocycles. The highest BCUT2D eigenvalue weighted by Crippen LogP contribution is 2.32. The zero-order valence-corrected chi connectivity index (χ0v) is 16.5. The number of carbonyl (C=O) groups excluding carboxylic acids is 1. The molecule has 2 aromatic carbocycles. The van der Waals surface area contributed by atoms with Crippen LogP contribution in [0.5, 0.6) is 17.2 Å². The molecular weight excluding hydrogens is 394 g/mol. The maximum Gasteiger partial charge on any atom is 0.234 e. The summed E-state index contributed by atoms with van der Waals surface area (Å²) in [6.45, 7) is 3.22. The number of hydrogen-bond donors (Lipinski definition) is 1. The number of anilines is 1. The fourth-order valence-corrected chi connectivity index (χ4v) is 3.42. The quantitative estimate of drug-likeness (QED) is 0.563. The SMILES string of the molecule is CCOc1ccc(NC(=O)CSc2nnnn2Cc2ccc3c(c2)OCO3)cc1. The number of nitrogens with zero attached hydrogens (tertiary/aromatic N) is 4. The van der Waals surface area contributed by atoms with Crippen LogP contribution in [0.15, 0.2) is 47.6 Å². The first-order chi connectivity index (χ1) is 14.2. The fraction of sp³-hybridized carbons (Fsp3) is 0.263. The van der Waals surface area contributed by atoms with Gasteiger partial charge in [-0.2, -0.15) is 0 Å². The minimum absolute atomic E-state index is 0.142. The van der Waals surface area contributed by atoms with Crippen molar-refractivity contribution in [2.24, 2.45) is 0 Å². The molecule has 0 atom stereocenters. The first-order valence-electron chi connectivity index (χ1n) is 9.01. The Balaban J connectivity index is 1.32. The van der Waals surface area contributed by atoms with E-state index in [1.54, 1.807) is 16.8 Å². The van der Waals surface area contributed by atoms with Crippen molar-refractivity contribution in [3.05, 3.63) is 48.0 Å². The molecular formula is C19H19N5O4S. The number of thioether (sulfide) groups is 1. The highest BCUT2D eigenvalue weighted by atomic mass is 32.2. The van der Waals surface area contributed by atoms with Crippen molar-refractivity contribution >= 4 is 23.4 Å². The van der Waals surface area contributed by atoms with Crippen molar-refractivity contribution in [1.82, 2.24) is 20.2 Å². The number of nitrogens with one attached hydrogen (secondary N) is 1. The van der Waals surface area contributed by atoms with E-state index in [9.17, 15) is 4.79 Å². The molecule has 150 valence electrons. The second-order valence-electron chi connectivity index (χ2n) is 6.10. The van der Waals surface area contributed by atoms with Gasteiger partial charge in [-0.25, -0.2) is 4.68 Å². The largest absolute Gasteiger partial charge is 0.494 e. The smallest absolute Gasteiger partial charge is 0.234 e. The van der Waals surface area contributed by atoms with Crippen LogP contribution in [0.3, 0.4) is 0 Å². The van der Waals surface area contributed by atoms with Crippen LogP contribution in [0, 0.1) is 0 Å². The van der Waals surface area contributed by atoms with E-state index in [0.29, 0.717) is 29.7 Å². The highest BCUT2D eigenvalue weighted by molar-refractivity contribution is 7.99. The van der Waals surface area contributed by atoms with Crippen molar-refractivity contribution in [3.63, 3.8) is 0 Å². The first-order valence-corrected chi connectivity index (χ1v) is 10.00. The van der Waals surface area contributed by atoms with Crippen molar-refractivity contribution < 1.29 is 19.0 Å². The molecule has 0 spiro atoms. The summed E-state index contributed by atoms with van der Waals surface area (Å²) >= 11 is 1.27. The Kier molecular flexibility index (Phi) is 5.80. The van der Waals surface area contributed by atoms with Crippen molar-refractivity contribution in [2.75, 3.05) is 24.5 Å². The van der Waals surface area contributed by atoms with E-state index >= 15 is 0 Å². The Morgan fingerprint density at radius 1 is 1.21 bits per heavy atom. The van der Waals surface area contributed by atoms with Gasteiger partial charge in [-0.1, -0.05) is 17.8 Å². The van der Waals surface area contributed by atoms with Gasteiger partial charge in [0.1, 0.15) is 5.75 Å². The maximum atomic E-state index is 12.2. The number of tetrazole rings is 1. The van der Waals surface area contributed by atoms with Crippen molar-refractivity contribution in [1.29, 1.82) is 0 Å². The summed E-state index contributed by atoms with van der Waals surface area (Å²) in [4.78, 5) is 12.2. The molecule has 1 amide bonds. The van der Waals surface area contributed by atoms with Crippen LogP contribution >= 0.6 is 11.8 Å². The molecule has 29 heavy (non-hydrogen) atoms. The van der Waals surface area contributed by atoms with E-state index in [0.717, 1.165) is 17.1 Å². The van der Waals surface area contributed by atoms with Crippen molar-refractivity contribution in [3.8, 4) is 17.2 Å². The van der Waals surface area contributed by atoms with Gasteiger partial charge in [0.25, 0.3) is 0 Å². The molecule has 1 aliphatic heterocycles. The minimum Gasteiger partial charge on any atom is -0.494 e. The Morgan fingerprint density at radius 2 is 2.03 bits per heavy atom. The number of hydrogen-bond acceptors (Lipinski definition) is 8. The predicted molar refractivity (Wildman–Crippen MR) is 106 cm³/mol. The molecule has 0 unspecified atom stereocenters. The number of amides is 1. The van der Waals surface area contributed by atoms with Crippen LogP contribution in [0.2, 0.25) is 0 Å². The van der Waals surface area contributed by atoms with Gasteiger partial charge in [-0.3, -0.25) is 4.79 Å². The minimum atomic E-state index is -0.142. The van der Waals surface area contributed by atoms with Crippen LogP contribution in [-0.4, -0.2) is 45.3 Å². The predicted octanol–water partition coefficient (Wildman–Crippen LogP) is 2.58. The van der Waals surface area contributed by atoms with Crippen LogP contribution in [0.4, 0.5) is 5.69 Å². The number of carbonyl (C=O) groups is 1. The normalized spacial score (nSPS) is 12.0. The molecule has 10 heteroatoms. The zero-order valence-electron chi connectivity index (χ0n) is 15.7. The second kappa shape index (κ2) is 8.82. The van der Waals surface area contributed by atoms with Crippen LogP contribution < -0.4 is 19.5 Å². The van der Waals surface area contributed by atoms with E-state index in [-0.39, 0.29) is 18.5 Å². The fourth-order valence-electron chi connectivity index (χ4n) is 2.74. The van der Waals surface area contributed by atoms with E-state index in [1.807, 2.05) is 37.3 Å². The van der Waals surface area contributed by atoms with E-state index in [1.165, 1.54) is 11.8 Å². The lowest BCUT2D eigenvalue weighted by atomic mass is 10.2. The Morgan fingerprint density at radius 3 is 2.86 bits per heavy atom. The van der Waals surface area contributed by atoms with Gasteiger partial charge in [0.05, 0.1) is 18.9 Å². The van der Waals surface area contributed by atoms with Gasteiger partial charge in [0, 0.05) is 5.69 Å². The van der Waals surface area contributed by atoms with Crippen LogP contribution in [-0.2, 0) is 11.3 Å². The molecule has 1 aromatic heterocycles. The topological polar surface area (TPSA) is 100 Å². The summed E-state index contributed by atoms with van der Waals surface area (Å²) in [5.41, 5.74) is 1.68. The lowest BCUT2D eigenvalue weighted by Crippen LogP contribution is -2.14. The molecule has 9 nitrogen and oxygen atoms in total. The van der Waals surface area contributed by atoms with Gasteiger partial charge >= 0.3 is 0 Å². The maximum absolute atomic E-state index is 12.2. The van der Waals surface area contributed by atoms with Gasteiger partial charge in [-0.15, -0.1) is 5.10 Å². The van der Waals surface area contributed by atoms with E-state index in [2.05, 4.69) is 20.8 Å². The van der Waals surface area contributed by atoms with Gasteiger partial charge in [0.15, 0.2) is 11.5 Å². The van der Waals surface area contributed by atoms with Crippen LogP contribution in [0.25, 0.3) is 0 Å². The number of ether oxygens (including phenoxy) is 3. The lowest BCUT2D eigenvalue weighted by Gasteiger charge is -2.07. The third-order valence-corrected chi connectivity index (χ3v) is 5.01. The zero-order chi connectivity index (χ0) is 20.1. The molecule has 2 heterocycles. The first kappa shape index (κ1) is 19.1. The highest BCUT2D eigenvalue weighted by Gasteiger charge is 2.15. The summed E-state index contributed by atoms with van der Waals surface area (Å²) < 4.78 is 17.8. The standard InChI is InChI=1S/C19H19N5O4S/c1-2-26-15-6-4-14(5-7-15)20-18(25)11-29-19-21-22-23-24(19)10-13-3-8-16-17(9-13)28-12-27-16/h3-9H,2,10-12H2,1H3,(H,20,25). The van der Waals surface area contributed by atoms with Crippen LogP contribution in [0.1, 0.15) is 12.5 Å². The summed E-state index contributed by atoms with van der Waals surface area (Å²) in [6.07, 6.45) is 0. The van der Waals surface area contributed by atoms with Crippen molar-refractivity contribution in [2.45, 2.75) is 18.6 Å². The molecule has 0 radical (unpaired) electrons. The average Bonchev–Trinajstić information content (AvgIpc) is 3.37. The lowest BCUT2D eigenvalue weighted by molar-refractivity contribution is -0.113. The number of rotatable bonds is 8. The molecule has 3 aromatic rings. The average molecular weight is 413 g/mol. The number of fused-ring (bicyclic) bond motifs is 1. The summed E-state index contributed by atoms with van der Waals surface area (Å²) in [6, 6.07) is 12.9. The van der Waals surface area contributed by atoms with Gasteiger partial charge < -0.3 is 19.5 Å². The molecule has 1 N–H and O–H groups in total. The molecule has 0 fully saturated rings. The Bertz CT molecular complexity index is 993. The van der Waals surface area contributed by atoms with Gasteiger partial charge in [-0.05, 0) is 59.3 Å². The summed E-state index contributed by atoms with van der Waals surface area (Å²) in [7, 11) is 0. The summed E-state index contributed by atoms with van der Waals surface area (Å²) in [5, 5.41) is 15.1. The van der Waals surface area contributed by atoms with E-state index < -0.39 is 0 Å². The Labute approximate surface area is 171 Å². The summed E-state index contributed by atoms with van der Waals surface area (Å²) in [5.74, 6) is 2.25. The molecule has 4 rings (SSSR count).